The normalized spacial score (nSPS) is 10.1. The first-order chi connectivity index (χ1) is 6.81. The third kappa shape index (κ3) is 1.48. The van der Waals surface area contributed by atoms with Crippen LogP contribution in [0.1, 0.15) is 5.56 Å². The highest BCUT2D eigenvalue weighted by Gasteiger charge is 2.06. The highest BCUT2D eigenvalue weighted by molar-refractivity contribution is 5.67. The Balaban J connectivity index is 2.55. The molecule has 1 aromatic carbocycles. The van der Waals surface area contributed by atoms with Crippen LogP contribution in [0.5, 0.6) is 5.75 Å². The van der Waals surface area contributed by atoms with Crippen molar-refractivity contribution < 1.29 is 4.74 Å². The largest absolute Gasteiger partial charge is 0.496 e. The van der Waals surface area contributed by atoms with E-state index in [9.17, 15) is 0 Å². The summed E-state index contributed by atoms with van der Waals surface area (Å²) in [7, 11) is 1.67. The quantitative estimate of drug-likeness (QED) is 0.785. The lowest BCUT2D eigenvalue weighted by atomic mass is 10.1. The highest BCUT2D eigenvalue weighted by atomic mass is 16.5. The molecule has 0 unspecified atom stereocenters. The summed E-state index contributed by atoms with van der Waals surface area (Å²) in [5, 5.41) is 0. The molecule has 0 saturated heterocycles. The number of nitrogens with one attached hydrogen (secondary N) is 1. The summed E-state index contributed by atoms with van der Waals surface area (Å²) in [6.45, 7) is 2.05. The molecule has 3 heteroatoms. The van der Waals surface area contributed by atoms with Crippen molar-refractivity contribution in [1.82, 2.24) is 9.97 Å². The van der Waals surface area contributed by atoms with Gasteiger partial charge in [0.05, 0.1) is 25.3 Å². The Morgan fingerprint density at radius 2 is 2.21 bits per heavy atom. The fourth-order valence-electron chi connectivity index (χ4n) is 1.44. The number of ether oxygens (including phenoxy) is 1. The van der Waals surface area contributed by atoms with Gasteiger partial charge in [-0.15, -0.1) is 0 Å². The molecule has 1 aromatic heterocycles. The van der Waals surface area contributed by atoms with E-state index in [2.05, 4.69) is 23.0 Å². The van der Waals surface area contributed by atoms with Crippen molar-refractivity contribution in [2.24, 2.45) is 0 Å². The molecule has 0 amide bonds. The van der Waals surface area contributed by atoms with Crippen molar-refractivity contribution in [2.45, 2.75) is 6.92 Å². The molecule has 72 valence electrons. The Kier molecular flexibility index (Phi) is 2.23. The van der Waals surface area contributed by atoms with Gasteiger partial charge in [0.15, 0.2) is 0 Å². The first-order valence-electron chi connectivity index (χ1n) is 4.44. The predicted molar refractivity (Wildman–Crippen MR) is 55.3 cm³/mol. The van der Waals surface area contributed by atoms with E-state index >= 15 is 0 Å². The van der Waals surface area contributed by atoms with Crippen molar-refractivity contribution in [3.05, 3.63) is 36.3 Å². The van der Waals surface area contributed by atoms with Crippen molar-refractivity contribution in [3.63, 3.8) is 0 Å². The van der Waals surface area contributed by atoms with Crippen LogP contribution in [0.25, 0.3) is 11.3 Å². The van der Waals surface area contributed by atoms with E-state index in [-0.39, 0.29) is 0 Å². The summed E-state index contributed by atoms with van der Waals surface area (Å²) < 4.78 is 5.28. The molecule has 0 atom stereocenters. The van der Waals surface area contributed by atoms with Crippen LogP contribution in [0.2, 0.25) is 0 Å². The van der Waals surface area contributed by atoms with Crippen LogP contribution >= 0.6 is 0 Å². The lowest BCUT2D eigenvalue weighted by Gasteiger charge is -2.07. The average Bonchev–Trinajstić information content (AvgIpc) is 2.70. The molecule has 0 aliphatic carbocycles. The Hall–Kier alpha value is -1.77. The summed E-state index contributed by atoms with van der Waals surface area (Å²) in [6, 6.07) is 6.07. The second kappa shape index (κ2) is 3.54. The third-order valence-corrected chi connectivity index (χ3v) is 2.14. The van der Waals surface area contributed by atoms with Gasteiger partial charge < -0.3 is 9.72 Å². The zero-order chi connectivity index (χ0) is 9.97. The molecule has 0 radical (unpaired) electrons. The third-order valence-electron chi connectivity index (χ3n) is 2.14. The van der Waals surface area contributed by atoms with Crippen LogP contribution in [0.15, 0.2) is 30.7 Å². The summed E-state index contributed by atoms with van der Waals surface area (Å²) >= 11 is 0. The molecule has 3 nitrogen and oxygen atoms in total. The minimum atomic E-state index is 0.861. The number of aromatic amines is 1. The number of aromatic nitrogens is 2. The maximum atomic E-state index is 5.28. The lowest BCUT2D eigenvalue weighted by molar-refractivity contribution is 0.416. The van der Waals surface area contributed by atoms with Crippen molar-refractivity contribution in [1.29, 1.82) is 0 Å². The molecule has 1 N–H and O–H groups in total. The van der Waals surface area contributed by atoms with Gasteiger partial charge in [-0.3, -0.25) is 0 Å². The molecule has 2 rings (SSSR count). The van der Waals surface area contributed by atoms with E-state index < -0.39 is 0 Å². The van der Waals surface area contributed by atoms with E-state index in [1.54, 1.807) is 19.6 Å². The minimum Gasteiger partial charge on any atom is -0.496 e. The number of rotatable bonds is 2. The average molecular weight is 188 g/mol. The van der Waals surface area contributed by atoms with Crippen LogP contribution in [0.3, 0.4) is 0 Å². The number of methoxy groups -OCH3 is 1. The number of imidazole rings is 1. The van der Waals surface area contributed by atoms with Gasteiger partial charge in [-0.1, -0.05) is 11.6 Å². The van der Waals surface area contributed by atoms with Crippen LogP contribution < -0.4 is 4.74 Å². The Labute approximate surface area is 82.8 Å². The predicted octanol–water partition coefficient (Wildman–Crippen LogP) is 2.39. The summed E-state index contributed by atoms with van der Waals surface area (Å²) in [4.78, 5) is 7.06. The molecule has 0 aliphatic rings. The number of hydrogen-bond acceptors (Lipinski definition) is 2. The second-order valence-electron chi connectivity index (χ2n) is 3.17. The zero-order valence-corrected chi connectivity index (χ0v) is 8.24. The molecular weight excluding hydrogens is 176 g/mol. The van der Waals surface area contributed by atoms with Gasteiger partial charge in [0, 0.05) is 5.56 Å². The number of nitrogens with zero attached hydrogens (tertiary/aromatic N) is 1. The molecule has 14 heavy (non-hydrogen) atoms. The first-order valence-corrected chi connectivity index (χ1v) is 4.44. The Bertz CT molecular complexity index is 421. The number of H-pyrrole nitrogens is 1. The summed E-state index contributed by atoms with van der Waals surface area (Å²) in [5.74, 6) is 0.861. The van der Waals surface area contributed by atoms with Gasteiger partial charge in [0.1, 0.15) is 5.75 Å². The smallest absolute Gasteiger partial charge is 0.128 e. The number of hydrogen-bond donors (Lipinski definition) is 1. The van der Waals surface area contributed by atoms with Gasteiger partial charge in [-0.05, 0) is 19.1 Å². The topological polar surface area (TPSA) is 37.9 Å². The maximum absolute atomic E-state index is 5.28. The van der Waals surface area contributed by atoms with E-state index in [4.69, 9.17) is 4.74 Å². The van der Waals surface area contributed by atoms with E-state index in [1.807, 2.05) is 12.1 Å². The molecule has 0 aliphatic heterocycles. The fraction of sp³-hybridized carbons (Fsp3) is 0.182. The Morgan fingerprint density at radius 3 is 2.86 bits per heavy atom. The lowest BCUT2D eigenvalue weighted by Crippen LogP contribution is -1.88. The van der Waals surface area contributed by atoms with E-state index in [0.717, 1.165) is 17.0 Å². The van der Waals surface area contributed by atoms with E-state index in [1.165, 1.54) is 5.56 Å². The molecule has 0 saturated carbocycles. The van der Waals surface area contributed by atoms with Gasteiger partial charge in [0.2, 0.25) is 0 Å². The molecular formula is C11H12N2O. The summed E-state index contributed by atoms with van der Waals surface area (Å²) in [6.07, 6.45) is 3.45. The Morgan fingerprint density at radius 1 is 1.36 bits per heavy atom. The van der Waals surface area contributed by atoms with Crippen molar-refractivity contribution >= 4 is 0 Å². The SMILES string of the molecule is COc1ccc(C)cc1-c1cnc[nH]1. The van der Waals surface area contributed by atoms with Gasteiger partial charge in [-0.2, -0.15) is 0 Å². The molecule has 0 fully saturated rings. The van der Waals surface area contributed by atoms with Crippen molar-refractivity contribution in [2.75, 3.05) is 7.11 Å². The van der Waals surface area contributed by atoms with Crippen LogP contribution in [-0.2, 0) is 0 Å². The zero-order valence-electron chi connectivity index (χ0n) is 8.24. The molecule has 0 bridgehead atoms. The van der Waals surface area contributed by atoms with Gasteiger partial charge >= 0.3 is 0 Å². The number of benzene rings is 1. The molecule has 1 heterocycles. The fourth-order valence-corrected chi connectivity index (χ4v) is 1.44. The highest BCUT2D eigenvalue weighted by Crippen LogP contribution is 2.28. The van der Waals surface area contributed by atoms with Crippen LogP contribution in [-0.4, -0.2) is 17.1 Å². The summed E-state index contributed by atoms with van der Waals surface area (Å²) in [5.41, 5.74) is 3.23. The van der Waals surface area contributed by atoms with E-state index in [0.29, 0.717) is 0 Å². The number of aryl methyl sites for hydroxylation is 1. The monoisotopic (exact) mass is 188 g/mol. The standard InChI is InChI=1S/C11H12N2O/c1-8-3-4-11(14-2)9(5-8)10-6-12-7-13-10/h3-7H,1-2H3,(H,12,13). The van der Waals surface area contributed by atoms with Gasteiger partial charge in [0.25, 0.3) is 0 Å². The maximum Gasteiger partial charge on any atom is 0.128 e. The van der Waals surface area contributed by atoms with Crippen LogP contribution in [0.4, 0.5) is 0 Å². The molecule has 0 spiro atoms. The van der Waals surface area contributed by atoms with Crippen LogP contribution in [0, 0.1) is 6.92 Å². The molecule has 2 aromatic rings. The second-order valence-corrected chi connectivity index (χ2v) is 3.17. The minimum absolute atomic E-state index is 0.861. The van der Waals surface area contributed by atoms with Gasteiger partial charge in [-0.25, -0.2) is 4.98 Å². The van der Waals surface area contributed by atoms with Crippen molar-refractivity contribution in [3.8, 4) is 17.0 Å². The first kappa shape index (κ1) is 8.81.